The predicted molar refractivity (Wildman–Crippen MR) is 99.2 cm³/mol. The van der Waals surface area contributed by atoms with E-state index in [0.717, 1.165) is 22.1 Å². The van der Waals surface area contributed by atoms with Gasteiger partial charge in [0.15, 0.2) is 5.16 Å². The number of ether oxygens (including phenoxy) is 2. The zero-order chi connectivity index (χ0) is 18.9. The van der Waals surface area contributed by atoms with E-state index >= 15 is 0 Å². The van der Waals surface area contributed by atoms with E-state index in [9.17, 15) is 4.79 Å². The summed E-state index contributed by atoms with van der Waals surface area (Å²) in [5, 5.41) is 9.48. The summed E-state index contributed by atoms with van der Waals surface area (Å²) in [4.78, 5) is 20.7. The van der Waals surface area contributed by atoms with E-state index in [4.69, 9.17) is 14.7 Å². The molecule has 0 saturated carbocycles. The third-order valence-electron chi connectivity index (χ3n) is 3.76. The van der Waals surface area contributed by atoms with E-state index < -0.39 is 0 Å². The molecule has 0 saturated heterocycles. The van der Waals surface area contributed by atoms with Crippen molar-refractivity contribution in [2.24, 2.45) is 0 Å². The smallest absolute Gasteiger partial charge is 0.306 e. The number of rotatable bonds is 8. The Kier molecular flexibility index (Phi) is 7.42. The Morgan fingerprint density at radius 3 is 2.38 bits per heavy atom. The largest absolute Gasteiger partial charge is 0.490 e. The first kappa shape index (κ1) is 19.7. The molecular weight excluding hydrogens is 350 g/mol. The average molecular weight is 371 g/mol. The number of aryl methyl sites for hydroxylation is 2. The van der Waals surface area contributed by atoms with Gasteiger partial charge in [-0.3, -0.25) is 4.79 Å². The van der Waals surface area contributed by atoms with Crippen LogP contribution in [0.1, 0.15) is 28.9 Å². The van der Waals surface area contributed by atoms with Gasteiger partial charge in [-0.05, 0) is 56.4 Å². The van der Waals surface area contributed by atoms with Crippen molar-refractivity contribution in [3.05, 3.63) is 46.8 Å². The van der Waals surface area contributed by atoms with Crippen molar-refractivity contribution in [1.82, 2.24) is 9.97 Å². The molecule has 0 N–H and O–H groups in total. The monoisotopic (exact) mass is 371 g/mol. The number of hydrogen-bond donors (Lipinski definition) is 0. The summed E-state index contributed by atoms with van der Waals surface area (Å²) in [6, 6.07) is 8.82. The van der Waals surface area contributed by atoms with E-state index in [2.05, 4.69) is 9.97 Å². The van der Waals surface area contributed by atoms with Gasteiger partial charge in [-0.15, -0.1) is 0 Å². The Morgan fingerprint density at radius 2 is 1.81 bits per heavy atom. The first-order chi connectivity index (χ1) is 12.5. The average Bonchev–Trinajstić information content (AvgIpc) is 2.64. The molecule has 0 bridgehead atoms. The lowest BCUT2D eigenvalue weighted by Gasteiger charge is -2.10. The maximum absolute atomic E-state index is 11.9. The molecule has 1 heterocycles. The first-order valence-corrected chi connectivity index (χ1v) is 9.42. The lowest BCUT2D eigenvalue weighted by Crippen LogP contribution is -2.13. The molecular formula is C19H21N3O3S. The van der Waals surface area contributed by atoms with Crippen LogP contribution in [0, 0.1) is 25.2 Å². The first-order valence-electron chi connectivity index (χ1n) is 8.20. The molecule has 0 aliphatic rings. The van der Waals surface area contributed by atoms with E-state index in [1.165, 1.54) is 11.8 Å². The minimum atomic E-state index is -0.277. The van der Waals surface area contributed by atoms with Crippen LogP contribution in [0.5, 0.6) is 5.75 Å². The summed E-state index contributed by atoms with van der Waals surface area (Å²) >= 11 is 1.50. The summed E-state index contributed by atoms with van der Waals surface area (Å²) < 4.78 is 10.7. The number of carbonyl (C=O) groups excluding carboxylic acids is 1. The Balaban J connectivity index is 1.73. The molecule has 0 unspecified atom stereocenters. The number of nitrogens with zero attached hydrogens (tertiary/aromatic N) is 3. The zero-order valence-corrected chi connectivity index (χ0v) is 15.9. The van der Waals surface area contributed by atoms with Gasteiger partial charge in [0.1, 0.15) is 19.0 Å². The molecule has 2 rings (SSSR count). The second-order valence-corrected chi connectivity index (χ2v) is 6.34. The summed E-state index contributed by atoms with van der Waals surface area (Å²) in [5.74, 6) is 0.360. The van der Waals surface area contributed by atoms with Crippen LogP contribution in [0.25, 0.3) is 0 Å². The van der Waals surface area contributed by atoms with Crippen molar-refractivity contribution in [2.45, 2.75) is 31.8 Å². The molecule has 0 amide bonds. The predicted octanol–water partition coefficient (Wildman–Crippen LogP) is 3.24. The van der Waals surface area contributed by atoms with Gasteiger partial charge in [-0.1, -0.05) is 11.8 Å². The fraction of sp³-hybridized carbons (Fsp3) is 0.368. The summed E-state index contributed by atoms with van der Waals surface area (Å²) in [5.41, 5.74) is 3.37. The Hall–Kier alpha value is -2.59. The highest BCUT2D eigenvalue weighted by Crippen LogP contribution is 2.17. The molecule has 0 aliphatic carbocycles. The van der Waals surface area contributed by atoms with Crippen molar-refractivity contribution < 1.29 is 14.3 Å². The summed E-state index contributed by atoms with van der Waals surface area (Å²) in [6.07, 6.45) is 2.77. The van der Waals surface area contributed by atoms with Gasteiger partial charge in [0, 0.05) is 17.8 Å². The quantitative estimate of drug-likeness (QED) is 0.305. The number of nitriles is 1. The van der Waals surface area contributed by atoms with E-state index in [1.54, 1.807) is 24.3 Å². The minimum absolute atomic E-state index is 0.179. The number of aromatic nitrogens is 2. The third-order valence-corrected chi connectivity index (χ3v) is 4.31. The van der Waals surface area contributed by atoms with Crippen LogP contribution < -0.4 is 4.74 Å². The molecule has 1 aromatic heterocycles. The van der Waals surface area contributed by atoms with Gasteiger partial charge in [-0.2, -0.15) is 5.26 Å². The Labute approximate surface area is 157 Å². The number of esters is 1. The topological polar surface area (TPSA) is 85.1 Å². The van der Waals surface area contributed by atoms with Crippen LogP contribution in [-0.4, -0.2) is 35.4 Å². The number of hydrogen-bond acceptors (Lipinski definition) is 7. The molecule has 26 heavy (non-hydrogen) atoms. The standard InChI is InChI=1S/C19H21N3O3S/c1-13-17(14(2)22-19(21-13)26-3)8-9-18(23)25-11-10-24-16-6-4-15(12-20)5-7-16/h4-7H,8-11H2,1-3H3. The van der Waals surface area contributed by atoms with Crippen molar-refractivity contribution in [3.63, 3.8) is 0 Å². The highest BCUT2D eigenvalue weighted by atomic mass is 32.2. The van der Waals surface area contributed by atoms with E-state index in [0.29, 0.717) is 17.7 Å². The lowest BCUT2D eigenvalue weighted by atomic mass is 10.1. The van der Waals surface area contributed by atoms with Crippen molar-refractivity contribution >= 4 is 17.7 Å². The zero-order valence-electron chi connectivity index (χ0n) is 15.1. The number of benzene rings is 1. The van der Waals surface area contributed by atoms with Crippen molar-refractivity contribution in [2.75, 3.05) is 19.5 Å². The maximum Gasteiger partial charge on any atom is 0.306 e. The fourth-order valence-electron chi connectivity index (χ4n) is 2.40. The highest BCUT2D eigenvalue weighted by molar-refractivity contribution is 7.98. The molecule has 2 aromatic rings. The second kappa shape index (κ2) is 9.78. The minimum Gasteiger partial charge on any atom is -0.490 e. The number of carbonyl (C=O) groups is 1. The van der Waals surface area contributed by atoms with Gasteiger partial charge in [0.2, 0.25) is 0 Å². The number of thioether (sulfide) groups is 1. The van der Waals surface area contributed by atoms with Gasteiger partial charge >= 0.3 is 5.97 Å². The third kappa shape index (κ3) is 5.74. The van der Waals surface area contributed by atoms with E-state index in [-0.39, 0.29) is 25.6 Å². The van der Waals surface area contributed by atoms with Crippen LogP contribution in [0.4, 0.5) is 0 Å². The Morgan fingerprint density at radius 1 is 1.15 bits per heavy atom. The molecule has 6 nitrogen and oxygen atoms in total. The van der Waals surface area contributed by atoms with Crippen LogP contribution in [0.15, 0.2) is 29.4 Å². The van der Waals surface area contributed by atoms with Gasteiger partial charge in [0.25, 0.3) is 0 Å². The fourth-order valence-corrected chi connectivity index (χ4v) is 2.86. The lowest BCUT2D eigenvalue weighted by molar-refractivity contribution is -0.144. The molecule has 0 spiro atoms. The summed E-state index contributed by atoms with van der Waals surface area (Å²) in [7, 11) is 0. The SMILES string of the molecule is CSc1nc(C)c(CCC(=O)OCCOc2ccc(C#N)cc2)c(C)n1. The Bertz CT molecular complexity index is 778. The van der Waals surface area contributed by atoms with Crippen molar-refractivity contribution in [3.8, 4) is 11.8 Å². The summed E-state index contributed by atoms with van der Waals surface area (Å²) in [6.45, 7) is 4.31. The van der Waals surface area contributed by atoms with Crippen LogP contribution in [0.2, 0.25) is 0 Å². The highest BCUT2D eigenvalue weighted by Gasteiger charge is 2.11. The normalized spacial score (nSPS) is 10.2. The molecule has 0 radical (unpaired) electrons. The van der Waals surface area contributed by atoms with Crippen molar-refractivity contribution in [1.29, 1.82) is 5.26 Å². The van der Waals surface area contributed by atoms with E-state index in [1.807, 2.05) is 26.2 Å². The van der Waals surface area contributed by atoms with Gasteiger partial charge in [-0.25, -0.2) is 9.97 Å². The second-order valence-electron chi connectivity index (χ2n) is 5.56. The molecule has 0 aliphatic heterocycles. The molecule has 0 atom stereocenters. The van der Waals surface area contributed by atoms with Crippen LogP contribution >= 0.6 is 11.8 Å². The maximum atomic E-state index is 11.9. The molecule has 1 aromatic carbocycles. The van der Waals surface area contributed by atoms with Crippen LogP contribution in [-0.2, 0) is 16.0 Å². The van der Waals surface area contributed by atoms with Gasteiger partial charge < -0.3 is 9.47 Å². The molecule has 136 valence electrons. The molecule has 7 heteroatoms. The molecule has 0 fully saturated rings. The van der Waals surface area contributed by atoms with Gasteiger partial charge in [0.05, 0.1) is 11.6 Å². The van der Waals surface area contributed by atoms with Crippen LogP contribution in [0.3, 0.4) is 0 Å².